The molecule has 1 heterocycles. The molecule has 0 aliphatic carbocycles. The zero-order valence-corrected chi connectivity index (χ0v) is 16.6. The van der Waals surface area contributed by atoms with Crippen molar-refractivity contribution in [3.63, 3.8) is 0 Å². The summed E-state index contributed by atoms with van der Waals surface area (Å²) in [4.78, 5) is 37.6. The molecule has 0 spiro atoms. The number of nitro benzene ring substituents is 1. The number of hydrogen-bond donors (Lipinski definition) is 2. The first-order chi connectivity index (χ1) is 13.8. The van der Waals surface area contributed by atoms with Crippen molar-refractivity contribution in [2.24, 2.45) is 0 Å². The molecule has 8 nitrogen and oxygen atoms in total. The molecule has 29 heavy (non-hydrogen) atoms. The monoisotopic (exact) mass is 396 g/mol. The second kappa shape index (κ2) is 8.30. The van der Waals surface area contributed by atoms with E-state index in [1.54, 1.807) is 4.90 Å². The van der Waals surface area contributed by atoms with Gasteiger partial charge >= 0.3 is 0 Å². The highest BCUT2D eigenvalue weighted by Gasteiger charge is 2.34. The number of aryl methyl sites for hydroxylation is 1. The fourth-order valence-corrected chi connectivity index (χ4v) is 3.27. The highest BCUT2D eigenvalue weighted by atomic mass is 16.6. The minimum absolute atomic E-state index is 0.0803. The second-order valence-electron chi connectivity index (χ2n) is 7.43. The van der Waals surface area contributed by atoms with Crippen LogP contribution in [-0.2, 0) is 4.79 Å². The summed E-state index contributed by atoms with van der Waals surface area (Å²) in [5.41, 5.74) is 2.10. The standard InChI is InChI=1S/C21H24N4O4/c1-13(2)22-20(26)15-6-9-17(19(12-15)25(28)29)23-18-10-11-24(21(18)27)16-7-4-14(3)5-8-16/h4-9,12-13,18,23H,10-11H2,1-3H3,(H,22,26). The first kappa shape index (κ1) is 20.3. The summed E-state index contributed by atoms with van der Waals surface area (Å²) in [6.07, 6.45) is 0.527. The SMILES string of the molecule is Cc1ccc(N2CCC(Nc3ccc(C(=O)NC(C)C)cc3[N+](=O)[O-])C2=O)cc1. The van der Waals surface area contributed by atoms with Crippen LogP contribution < -0.4 is 15.5 Å². The molecule has 1 saturated heterocycles. The molecule has 2 aromatic carbocycles. The lowest BCUT2D eigenvalue weighted by molar-refractivity contribution is -0.384. The molecule has 3 rings (SSSR count). The predicted molar refractivity (Wildman–Crippen MR) is 111 cm³/mol. The van der Waals surface area contributed by atoms with Crippen LogP contribution in [0.1, 0.15) is 36.2 Å². The Kier molecular flexibility index (Phi) is 5.81. The van der Waals surface area contributed by atoms with Gasteiger partial charge in [0.15, 0.2) is 0 Å². The van der Waals surface area contributed by atoms with Gasteiger partial charge in [0.05, 0.1) is 4.92 Å². The third-order valence-electron chi connectivity index (χ3n) is 4.76. The fourth-order valence-electron chi connectivity index (χ4n) is 3.27. The Bertz CT molecular complexity index is 940. The average molecular weight is 396 g/mol. The molecule has 0 bridgehead atoms. The van der Waals surface area contributed by atoms with Gasteiger partial charge in [-0.2, -0.15) is 0 Å². The molecule has 0 aromatic heterocycles. The Hall–Kier alpha value is -3.42. The molecule has 152 valence electrons. The van der Waals surface area contributed by atoms with Crippen LogP contribution in [0.3, 0.4) is 0 Å². The minimum Gasteiger partial charge on any atom is -0.368 e. The van der Waals surface area contributed by atoms with E-state index in [9.17, 15) is 19.7 Å². The number of nitrogens with one attached hydrogen (secondary N) is 2. The number of anilines is 2. The quantitative estimate of drug-likeness (QED) is 0.576. The normalized spacial score (nSPS) is 16.2. The van der Waals surface area contributed by atoms with Crippen molar-refractivity contribution in [2.45, 2.75) is 39.3 Å². The summed E-state index contributed by atoms with van der Waals surface area (Å²) in [7, 11) is 0. The Morgan fingerprint density at radius 1 is 1.21 bits per heavy atom. The molecular weight excluding hydrogens is 372 g/mol. The van der Waals surface area contributed by atoms with Crippen molar-refractivity contribution in [3.05, 3.63) is 63.7 Å². The van der Waals surface area contributed by atoms with E-state index in [-0.39, 0.29) is 34.8 Å². The van der Waals surface area contributed by atoms with Crippen molar-refractivity contribution < 1.29 is 14.5 Å². The molecule has 0 saturated carbocycles. The molecule has 1 unspecified atom stereocenters. The van der Waals surface area contributed by atoms with Gasteiger partial charge < -0.3 is 15.5 Å². The number of rotatable bonds is 6. The molecule has 1 aliphatic rings. The molecular formula is C21H24N4O4. The molecule has 1 fully saturated rings. The van der Waals surface area contributed by atoms with Crippen molar-refractivity contribution in [3.8, 4) is 0 Å². The van der Waals surface area contributed by atoms with Crippen LogP contribution in [0.25, 0.3) is 0 Å². The van der Waals surface area contributed by atoms with E-state index < -0.39 is 11.0 Å². The van der Waals surface area contributed by atoms with Gasteiger partial charge in [-0.1, -0.05) is 17.7 Å². The van der Waals surface area contributed by atoms with Crippen LogP contribution in [0.2, 0.25) is 0 Å². The number of nitrogens with zero attached hydrogens (tertiary/aromatic N) is 2. The molecule has 2 N–H and O–H groups in total. The molecule has 2 aromatic rings. The van der Waals surface area contributed by atoms with Crippen LogP contribution in [0.5, 0.6) is 0 Å². The first-order valence-corrected chi connectivity index (χ1v) is 9.50. The van der Waals surface area contributed by atoms with Crippen LogP contribution >= 0.6 is 0 Å². The first-order valence-electron chi connectivity index (χ1n) is 9.50. The van der Waals surface area contributed by atoms with Gasteiger partial charge in [0.2, 0.25) is 5.91 Å². The molecule has 8 heteroatoms. The van der Waals surface area contributed by atoms with E-state index in [1.165, 1.54) is 18.2 Å². The Balaban J connectivity index is 1.79. The van der Waals surface area contributed by atoms with Crippen LogP contribution in [0.4, 0.5) is 17.1 Å². The number of amides is 2. The van der Waals surface area contributed by atoms with Crippen molar-refractivity contribution in [2.75, 3.05) is 16.8 Å². The predicted octanol–water partition coefficient (Wildman–Crippen LogP) is 3.26. The number of hydrogen-bond acceptors (Lipinski definition) is 5. The number of nitro groups is 1. The smallest absolute Gasteiger partial charge is 0.293 e. The summed E-state index contributed by atoms with van der Waals surface area (Å²) < 4.78 is 0. The van der Waals surface area contributed by atoms with Gasteiger partial charge in [-0.05, 0) is 51.5 Å². The zero-order chi connectivity index (χ0) is 21.1. The van der Waals surface area contributed by atoms with E-state index in [0.717, 1.165) is 11.3 Å². The highest BCUT2D eigenvalue weighted by Crippen LogP contribution is 2.29. The number of carbonyl (C=O) groups excluding carboxylic acids is 2. The van der Waals surface area contributed by atoms with Crippen LogP contribution in [0.15, 0.2) is 42.5 Å². The summed E-state index contributed by atoms with van der Waals surface area (Å²) in [5, 5.41) is 17.2. The Labute approximate surface area is 169 Å². The fraction of sp³-hybridized carbons (Fsp3) is 0.333. The van der Waals surface area contributed by atoms with E-state index >= 15 is 0 Å². The van der Waals surface area contributed by atoms with Gasteiger partial charge in [-0.15, -0.1) is 0 Å². The maximum atomic E-state index is 12.8. The second-order valence-corrected chi connectivity index (χ2v) is 7.43. The van der Waals surface area contributed by atoms with Crippen molar-refractivity contribution >= 4 is 28.9 Å². The van der Waals surface area contributed by atoms with Gasteiger partial charge in [0.25, 0.3) is 11.6 Å². The van der Waals surface area contributed by atoms with Gasteiger partial charge in [-0.3, -0.25) is 19.7 Å². The van der Waals surface area contributed by atoms with E-state index in [4.69, 9.17) is 0 Å². The number of benzene rings is 2. The minimum atomic E-state index is -0.564. The number of carbonyl (C=O) groups is 2. The molecule has 2 amide bonds. The largest absolute Gasteiger partial charge is 0.368 e. The van der Waals surface area contributed by atoms with E-state index in [2.05, 4.69) is 10.6 Å². The maximum absolute atomic E-state index is 12.8. The Morgan fingerprint density at radius 3 is 2.52 bits per heavy atom. The van der Waals surface area contributed by atoms with Crippen molar-refractivity contribution in [1.82, 2.24) is 5.32 Å². The Morgan fingerprint density at radius 2 is 1.90 bits per heavy atom. The van der Waals surface area contributed by atoms with E-state index in [0.29, 0.717) is 13.0 Å². The van der Waals surface area contributed by atoms with Gasteiger partial charge in [-0.25, -0.2) is 0 Å². The lowest BCUT2D eigenvalue weighted by Crippen LogP contribution is -2.33. The molecule has 1 aliphatic heterocycles. The van der Waals surface area contributed by atoms with Crippen LogP contribution in [-0.4, -0.2) is 35.4 Å². The molecule has 1 atom stereocenters. The highest BCUT2D eigenvalue weighted by molar-refractivity contribution is 6.01. The molecule has 0 radical (unpaired) electrons. The zero-order valence-electron chi connectivity index (χ0n) is 16.6. The average Bonchev–Trinajstić information content (AvgIpc) is 3.02. The van der Waals surface area contributed by atoms with Crippen LogP contribution in [0, 0.1) is 17.0 Å². The van der Waals surface area contributed by atoms with Crippen molar-refractivity contribution in [1.29, 1.82) is 0 Å². The topological polar surface area (TPSA) is 105 Å². The summed E-state index contributed by atoms with van der Waals surface area (Å²) in [5.74, 6) is -0.512. The summed E-state index contributed by atoms with van der Waals surface area (Å²) in [6.45, 7) is 6.13. The van der Waals surface area contributed by atoms with Gasteiger partial charge in [0.1, 0.15) is 11.7 Å². The lowest BCUT2D eigenvalue weighted by Gasteiger charge is -2.18. The summed E-state index contributed by atoms with van der Waals surface area (Å²) >= 11 is 0. The summed E-state index contributed by atoms with van der Waals surface area (Å²) in [6, 6.07) is 11.2. The third-order valence-corrected chi connectivity index (χ3v) is 4.76. The third kappa shape index (κ3) is 4.53. The van der Waals surface area contributed by atoms with E-state index in [1.807, 2.05) is 45.0 Å². The maximum Gasteiger partial charge on any atom is 0.293 e. The lowest BCUT2D eigenvalue weighted by atomic mass is 10.1. The van der Waals surface area contributed by atoms with Gasteiger partial charge in [0, 0.05) is 29.9 Å².